The van der Waals surface area contributed by atoms with Crippen molar-refractivity contribution in [3.05, 3.63) is 0 Å². The minimum atomic E-state index is -0.567. The lowest BCUT2D eigenvalue weighted by Crippen LogP contribution is -2.58. The van der Waals surface area contributed by atoms with Crippen LogP contribution in [0.2, 0.25) is 0 Å². The Hall–Kier alpha value is -1.18. The molecular weight excluding hydrogens is 310 g/mol. The van der Waals surface area contributed by atoms with Gasteiger partial charge in [-0.1, -0.05) is 12.8 Å². The topological polar surface area (TPSA) is 82.1 Å². The number of carbonyl (C=O) groups excluding carboxylic acids is 2. The third-order valence-corrected chi connectivity index (χ3v) is 5.18. The van der Waals surface area contributed by atoms with E-state index in [1.807, 2.05) is 4.90 Å². The zero-order valence-corrected chi connectivity index (χ0v) is 14.9. The Morgan fingerprint density at radius 2 is 1.83 bits per heavy atom. The quantitative estimate of drug-likeness (QED) is 0.687. The molecule has 3 atom stereocenters. The predicted octanol–water partition coefficient (Wildman–Crippen LogP) is -0.0247. The maximum Gasteiger partial charge on any atom is 0.222 e. The summed E-state index contributed by atoms with van der Waals surface area (Å²) >= 11 is 0. The maximum absolute atomic E-state index is 12.0. The molecule has 2 amide bonds. The van der Waals surface area contributed by atoms with Crippen LogP contribution in [0.5, 0.6) is 0 Å². The van der Waals surface area contributed by atoms with Gasteiger partial charge in [0.1, 0.15) is 0 Å². The first-order chi connectivity index (χ1) is 11.5. The summed E-state index contributed by atoms with van der Waals surface area (Å²) in [7, 11) is 1.57. The average molecular weight is 341 g/mol. The molecule has 2 aliphatic rings. The fraction of sp³-hybridized carbons (Fsp3) is 0.882. The highest BCUT2D eigenvalue weighted by Crippen LogP contribution is 2.24. The van der Waals surface area contributed by atoms with Crippen molar-refractivity contribution in [1.82, 2.24) is 15.1 Å². The van der Waals surface area contributed by atoms with Gasteiger partial charge in [-0.3, -0.25) is 14.5 Å². The molecule has 2 fully saturated rings. The summed E-state index contributed by atoms with van der Waals surface area (Å²) in [6, 6.07) is -0.151. The Kier molecular flexibility index (Phi) is 7.45. The van der Waals surface area contributed by atoms with Crippen LogP contribution >= 0.6 is 0 Å². The molecule has 0 bridgehead atoms. The highest BCUT2D eigenvalue weighted by Gasteiger charge is 2.36. The van der Waals surface area contributed by atoms with Gasteiger partial charge >= 0.3 is 0 Å². The van der Waals surface area contributed by atoms with E-state index in [1.54, 1.807) is 14.0 Å². The van der Waals surface area contributed by atoms with E-state index in [0.29, 0.717) is 26.1 Å². The van der Waals surface area contributed by atoms with Gasteiger partial charge in [0.05, 0.1) is 18.8 Å². The molecule has 0 aromatic rings. The van der Waals surface area contributed by atoms with Gasteiger partial charge in [-0.2, -0.15) is 0 Å². The molecule has 0 aromatic carbocycles. The van der Waals surface area contributed by atoms with Gasteiger partial charge in [0.2, 0.25) is 11.8 Å². The minimum Gasteiger partial charge on any atom is -0.389 e. The average Bonchev–Trinajstić information content (AvgIpc) is 2.75. The molecule has 1 aliphatic carbocycles. The number of aliphatic hydroxyl groups excluding tert-OH is 1. The van der Waals surface area contributed by atoms with Crippen LogP contribution in [0.4, 0.5) is 0 Å². The molecule has 1 heterocycles. The van der Waals surface area contributed by atoms with Gasteiger partial charge < -0.3 is 20.1 Å². The van der Waals surface area contributed by atoms with Crippen molar-refractivity contribution >= 4 is 11.8 Å². The van der Waals surface area contributed by atoms with Gasteiger partial charge in [-0.25, -0.2) is 0 Å². The van der Waals surface area contributed by atoms with Crippen molar-refractivity contribution < 1.29 is 19.4 Å². The van der Waals surface area contributed by atoms with Crippen molar-refractivity contribution in [2.45, 2.75) is 57.2 Å². The van der Waals surface area contributed by atoms with Crippen LogP contribution in [0.25, 0.3) is 0 Å². The SMILES string of the molecule is COCCC(=O)N[C@@H]1CCCC[C@@H](N2CCN(C(C)=O)CC2)[C@@H]1O. The first kappa shape index (κ1) is 19.1. The fourth-order valence-electron chi connectivity index (χ4n) is 3.73. The molecule has 2 N–H and O–H groups in total. The number of piperazine rings is 1. The fourth-order valence-corrected chi connectivity index (χ4v) is 3.73. The lowest BCUT2D eigenvalue weighted by Gasteiger charge is -2.41. The second kappa shape index (κ2) is 9.34. The highest BCUT2D eigenvalue weighted by atomic mass is 16.5. The van der Waals surface area contributed by atoms with E-state index in [2.05, 4.69) is 10.2 Å². The highest BCUT2D eigenvalue weighted by molar-refractivity contribution is 5.76. The summed E-state index contributed by atoms with van der Waals surface area (Å²) in [6.07, 6.45) is 3.56. The van der Waals surface area contributed by atoms with Gasteiger partial charge in [0, 0.05) is 52.7 Å². The standard InChI is InChI=1S/C17H31N3O4/c1-13(21)19-8-10-20(11-9-19)15-6-4-3-5-14(17(15)23)18-16(22)7-12-24-2/h14-15,17,23H,3-12H2,1-2H3,(H,18,22)/t14-,15-,17-/m1/s1. The predicted molar refractivity (Wildman–Crippen MR) is 90.5 cm³/mol. The van der Waals surface area contributed by atoms with Crippen LogP contribution in [-0.4, -0.2) is 84.8 Å². The molecule has 0 aromatic heterocycles. The molecule has 0 radical (unpaired) electrons. The van der Waals surface area contributed by atoms with E-state index >= 15 is 0 Å². The van der Waals surface area contributed by atoms with E-state index in [1.165, 1.54) is 0 Å². The van der Waals surface area contributed by atoms with Crippen LogP contribution in [0, 0.1) is 0 Å². The van der Waals surface area contributed by atoms with E-state index in [9.17, 15) is 14.7 Å². The van der Waals surface area contributed by atoms with Crippen molar-refractivity contribution in [2.24, 2.45) is 0 Å². The monoisotopic (exact) mass is 341 g/mol. The minimum absolute atomic E-state index is 0.0503. The van der Waals surface area contributed by atoms with Crippen LogP contribution in [-0.2, 0) is 14.3 Å². The van der Waals surface area contributed by atoms with E-state index in [4.69, 9.17) is 4.74 Å². The third-order valence-electron chi connectivity index (χ3n) is 5.18. The Balaban J connectivity index is 1.92. The van der Waals surface area contributed by atoms with Crippen molar-refractivity contribution in [2.75, 3.05) is 39.9 Å². The van der Waals surface area contributed by atoms with E-state index < -0.39 is 6.10 Å². The largest absolute Gasteiger partial charge is 0.389 e. The molecule has 1 aliphatic heterocycles. The van der Waals surface area contributed by atoms with Crippen LogP contribution in [0.3, 0.4) is 0 Å². The summed E-state index contributed by atoms with van der Waals surface area (Å²) in [6.45, 7) is 4.98. The molecule has 2 rings (SSSR count). The summed E-state index contributed by atoms with van der Waals surface area (Å²) in [5.41, 5.74) is 0. The smallest absolute Gasteiger partial charge is 0.222 e. The van der Waals surface area contributed by atoms with Gasteiger partial charge in [-0.05, 0) is 12.8 Å². The number of carbonyl (C=O) groups is 2. The molecule has 7 nitrogen and oxygen atoms in total. The van der Waals surface area contributed by atoms with Crippen LogP contribution in [0.1, 0.15) is 39.0 Å². The number of ether oxygens (including phenoxy) is 1. The van der Waals surface area contributed by atoms with Gasteiger partial charge in [0.25, 0.3) is 0 Å². The molecule has 1 saturated carbocycles. The lowest BCUT2D eigenvalue weighted by atomic mass is 9.99. The second-order valence-electron chi connectivity index (χ2n) is 6.80. The van der Waals surface area contributed by atoms with Crippen molar-refractivity contribution in [3.63, 3.8) is 0 Å². The van der Waals surface area contributed by atoms with Crippen LogP contribution in [0.15, 0.2) is 0 Å². The summed E-state index contributed by atoms with van der Waals surface area (Å²) in [5, 5.41) is 13.8. The molecule has 0 spiro atoms. The Bertz CT molecular complexity index is 424. The Labute approximate surface area is 144 Å². The van der Waals surface area contributed by atoms with Gasteiger partial charge in [0.15, 0.2) is 0 Å². The number of hydrogen-bond acceptors (Lipinski definition) is 5. The zero-order chi connectivity index (χ0) is 17.5. The summed E-state index contributed by atoms with van der Waals surface area (Å²) in [5.74, 6) is 0.0438. The number of aliphatic hydroxyl groups is 1. The number of rotatable bonds is 5. The molecule has 0 unspecified atom stereocenters. The molecule has 1 saturated heterocycles. The first-order valence-corrected chi connectivity index (χ1v) is 8.99. The zero-order valence-electron chi connectivity index (χ0n) is 14.9. The number of hydrogen-bond donors (Lipinski definition) is 2. The van der Waals surface area contributed by atoms with Crippen LogP contribution < -0.4 is 5.32 Å². The summed E-state index contributed by atoms with van der Waals surface area (Å²) in [4.78, 5) is 27.6. The summed E-state index contributed by atoms with van der Waals surface area (Å²) < 4.78 is 4.94. The number of amides is 2. The molecule has 138 valence electrons. The Morgan fingerprint density at radius 3 is 2.46 bits per heavy atom. The van der Waals surface area contributed by atoms with Crippen molar-refractivity contribution in [1.29, 1.82) is 0 Å². The Morgan fingerprint density at radius 1 is 1.17 bits per heavy atom. The third kappa shape index (κ3) is 5.16. The molecule has 7 heteroatoms. The first-order valence-electron chi connectivity index (χ1n) is 8.99. The van der Waals surface area contributed by atoms with E-state index in [-0.39, 0.29) is 23.9 Å². The normalized spacial score (nSPS) is 29.1. The number of nitrogens with one attached hydrogen (secondary N) is 1. The second-order valence-corrected chi connectivity index (χ2v) is 6.80. The van der Waals surface area contributed by atoms with Gasteiger partial charge in [-0.15, -0.1) is 0 Å². The maximum atomic E-state index is 12.0. The molecular formula is C17H31N3O4. The van der Waals surface area contributed by atoms with E-state index in [0.717, 1.165) is 38.8 Å². The number of methoxy groups -OCH3 is 1. The molecule has 24 heavy (non-hydrogen) atoms. The number of nitrogens with zero attached hydrogens (tertiary/aromatic N) is 2. The van der Waals surface area contributed by atoms with Crippen molar-refractivity contribution in [3.8, 4) is 0 Å². The lowest BCUT2D eigenvalue weighted by molar-refractivity contribution is -0.131.